The Bertz CT molecular complexity index is 779. The normalized spacial score (nSPS) is 18.6. The van der Waals surface area contributed by atoms with Crippen LogP contribution < -0.4 is 0 Å². The van der Waals surface area contributed by atoms with Gasteiger partial charge >= 0.3 is 0 Å². The summed E-state index contributed by atoms with van der Waals surface area (Å²) in [6, 6.07) is 6.06. The summed E-state index contributed by atoms with van der Waals surface area (Å²) in [5.41, 5.74) is 4.18. The first-order valence-electron chi connectivity index (χ1n) is 10.1. The van der Waals surface area contributed by atoms with Gasteiger partial charge < -0.3 is 14.5 Å². The summed E-state index contributed by atoms with van der Waals surface area (Å²) in [5, 5.41) is 0. The fraction of sp³-hybridized carbons (Fsp3) is 0.545. The van der Waals surface area contributed by atoms with Crippen molar-refractivity contribution in [1.82, 2.24) is 14.7 Å². The quantitative estimate of drug-likeness (QED) is 0.531. The molecule has 1 aromatic rings. The van der Waals surface area contributed by atoms with Gasteiger partial charge in [-0.3, -0.25) is 14.5 Å². The summed E-state index contributed by atoms with van der Waals surface area (Å²) in [4.78, 5) is 32.4. The maximum absolute atomic E-state index is 13.3. The largest absolute Gasteiger partial charge is 0.385 e. The van der Waals surface area contributed by atoms with Gasteiger partial charge in [0.05, 0.1) is 5.57 Å². The zero-order chi connectivity index (χ0) is 20.3. The molecule has 3 rings (SSSR count). The minimum Gasteiger partial charge on any atom is -0.385 e. The fourth-order valence-corrected chi connectivity index (χ4v) is 4.05. The van der Waals surface area contributed by atoms with Gasteiger partial charge in [0.2, 0.25) is 0 Å². The average molecular weight is 386 g/mol. The van der Waals surface area contributed by atoms with Gasteiger partial charge in [0.25, 0.3) is 11.8 Å². The van der Waals surface area contributed by atoms with E-state index in [4.69, 9.17) is 4.74 Å². The second-order valence-electron chi connectivity index (χ2n) is 7.57. The molecule has 0 N–H and O–H groups in total. The predicted molar refractivity (Wildman–Crippen MR) is 110 cm³/mol. The van der Waals surface area contributed by atoms with E-state index in [0.29, 0.717) is 30.8 Å². The third-order valence-corrected chi connectivity index (χ3v) is 5.66. The Hall–Kier alpha value is -2.18. The minimum absolute atomic E-state index is 0.166. The number of likely N-dealkylation sites (N-methyl/N-ethyl adjacent to an activating group) is 1. The molecule has 0 unspecified atom stereocenters. The van der Waals surface area contributed by atoms with Crippen molar-refractivity contribution in [3.05, 3.63) is 40.6 Å². The van der Waals surface area contributed by atoms with Gasteiger partial charge in [0.15, 0.2) is 0 Å². The number of benzene rings is 1. The molecule has 2 aliphatic rings. The van der Waals surface area contributed by atoms with Gasteiger partial charge in [-0.05, 0) is 37.9 Å². The Kier molecular flexibility index (Phi) is 6.52. The number of hydrogen-bond donors (Lipinski definition) is 0. The van der Waals surface area contributed by atoms with Crippen LogP contribution in [-0.4, -0.2) is 79.5 Å². The summed E-state index contributed by atoms with van der Waals surface area (Å²) < 4.78 is 5.10. The monoisotopic (exact) mass is 385 g/mol. The zero-order valence-corrected chi connectivity index (χ0v) is 17.5. The second-order valence-corrected chi connectivity index (χ2v) is 7.57. The highest BCUT2D eigenvalue weighted by atomic mass is 16.5. The molecular weight excluding hydrogens is 354 g/mol. The number of piperazine rings is 1. The summed E-state index contributed by atoms with van der Waals surface area (Å²) in [6.45, 7) is 11.5. The van der Waals surface area contributed by atoms with Crippen molar-refractivity contribution in [1.29, 1.82) is 0 Å². The van der Waals surface area contributed by atoms with Crippen LogP contribution >= 0.6 is 0 Å². The predicted octanol–water partition coefficient (Wildman–Crippen LogP) is 2.06. The van der Waals surface area contributed by atoms with E-state index in [1.165, 1.54) is 4.90 Å². The Morgan fingerprint density at radius 3 is 2.36 bits per heavy atom. The summed E-state index contributed by atoms with van der Waals surface area (Å²) in [5.74, 6) is -0.345. The van der Waals surface area contributed by atoms with Crippen LogP contribution in [0.4, 0.5) is 0 Å². The SMILES string of the molecule is CCN1CCN(C2=C(c3ccc(C)cc3C)C(=O)N(CCCOC)C2=O)CC1. The highest BCUT2D eigenvalue weighted by Crippen LogP contribution is 2.34. The van der Waals surface area contributed by atoms with Crippen molar-refractivity contribution in [3.63, 3.8) is 0 Å². The lowest BCUT2D eigenvalue weighted by Crippen LogP contribution is -2.47. The van der Waals surface area contributed by atoms with Crippen LogP contribution in [0.15, 0.2) is 23.9 Å². The third kappa shape index (κ3) is 3.98. The molecule has 0 aliphatic carbocycles. The van der Waals surface area contributed by atoms with Crippen LogP contribution in [0.2, 0.25) is 0 Å². The van der Waals surface area contributed by atoms with E-state index in [-0.39, 0.29) is 11.8 Å². The molecule has 2 aliphatic heterocycles. The van der Waals surface area contributed by atoms with E-state index in [1.54, 1.807) is 7.11 Å². The number of carbonyl (C=O) groups is 2. The van der Waals surface area contributed by atoms with Crippen LogP contribution in [0.1, 0.15) is 30.0 Å². The molecule has 6 heteroatoms. The molecule has 0 aromatic heterocycles. The van der Waals surface area contributed by atoms with Gasteiger partial charge in [0, 0.05) is 46.4 Å². The van der Waals surface area contributed by atoms with E-state index < -0.39 is 0 Å². The van der Waals surface area contributed by atoms with Crippen LogP contribution in [0.5, 0.6) is 0 Å². The molecule has 1 saturated heterocycles. The molecular formula is C22H31N3O3. The molecule has 0 saturated carbocycles. The summed E-state index contributed by atoms with van der Waals surface area (Å²) in [7, 11) is 1.63. The molecule has 0 bridgehead atoms. The van der Waals surface area contributed by atoms with Gasteiger partial charge in [-0.1, -0.05) is 30.7 Å². The highest BCUT2D eigenvalue weighted by molar-refractivity contribution is 6.35. The molecule has 1 aromatic carbocycles. The third-order valence-electron chi connectivity index (χ3n) is 5.66. The van der Waals surface area contributed by atoms with Crippen molar-refractivity contribution < 1.29 is 14.3 Å². The first kappa shape index (κ1) is 20.6. The lowest BCUT2D eigenvalue weighted by atomic mass is 9.97. The summed E-state index contributed by atoms with van der Waals surface area (Å²) >= 11 is 0. The number of hydrogen-bond acceptors (Lipinski definition) is 5. The van der Waals surface area contributed by atoms with E-state index in [2.05, 4.69) is 22.8 Å². The molecule has 2 heterocycles. The van der Waals surface area contributed by atoms with Crippen molar-refractivity contribution in [2.24, 2.45) is 0 Å². The summed E-state index contributed by atoms with van der Waals surface area (Å²) in [6.07, 6.45) is 0.644. The van der Waals surface area contributed by atoms with Crippen LogP contribution in [0.3, 0.4) is 0 Å². The Balaban J connectivity index is 1.98. The topological polar surface area (TPSA) is 53.1 Å². The molecule has 0 spiro atoms. The molecule has 0 atom stereocenters. The van der Waals surface area contributed by atoms with Gasteiger partial charge in [-0.2, -0.15) is 0 Å². The number of imide groups is 1. The van der Waals surface area contributed by atoms with Crippen LogP contribution in [0.25, 0.3) is 5.57 Å². The smallest absolute Gasteiger partial charge is 0.277 e. The van der Waals surface area contributed by atoms with Crippen molar-refractivity contribution in [2.45, 2.75) is 27.2 Å². The number of methoxy groups -OCH3 is 1. The van der Waals surface area contributed by atoms with E-state index >= 15 is 0 Å². The van der Waals surface area contributed by atoms with Gasteiger partial charge in [-0.15, -0.1) is 0 Å². The van der Waals surface area contributed by atoms with E-state index in [1.807, 2.05) is 26.0 Å². The zero-order valence-electron chi connectivity index (χ0n) is 17.5. The Morgan fingerprint density at radius 2 is 1.75 bits per heavy atom. The number of aryl methyl sites for hydroxylation is 2. The van der Waals surface area contributed by atoms with Crippen LogP contribution in [0, 0.1) is 13.8 Å². The van der Waals surface area contributed by atoms with Gasteiger partial charge in [-0.25, -0.2) is 0 Å². The average Bonchev–Trinajstić information content (AvgIpc) is 2.93. The number of nitrogens with zero attached hydrogens (tertiary/aromatic N) is 3. The van der Waals surface area contributed by atoms with Gasteiger partial charge in [0.1, 0.15) is 5.70 Å². The van der Waals surface area contributed by atoms with E-state index in [0.717, 1.165) is 49.4 Å². The van der Waals surface area contributed by atoms with Crippen molar-refractivity contribution in [3.8, 4) is 0 Å². The molecule has 6 nitrogen and oxygen atoms in total. The number of amides is 2. The maximum atomic E-state index is 13.3. The lowest BCUT2D eigenvalue weighted by Gasteiger charge is -2.36. The number of ether oxygens (including phenoxy) is 1. The number of carbonyl (C=O) groups excluding carboxylic acids is 2. The lowest BCUT2D eigenvalue weighted by molar-refractivity contribution is -0.137. The minimum atomic E-state index is -0.180. The van der Waals surface area contributed by atoms with Crippen molar-refractivity contribution in [2.75, 3.05) is 53.0 Å². The first-order chi connectivity index (χ1) is 13.5. The highest BCUT2D eigenvalue weighted by Gasteiger charge is 2.42. The molecule has 1 fully saturated rings. The van der Waals surface area contributed by atoms with Crippen LogP contribution in [-0.2, 0) is 14.3 Å². The second kappa shape index (κ2) is 8.88. The molecule has 28 heavy (non-hydrogen) atoms. The van der Waals surface area contributed by atoms with E-state index in [9.17, 15) is 9.59 Å². The maximum Gasteiger partial charge on any atom is 0.277 e. The molecule has 152 valence electrons. The fourth-order valence-electron chi connectivity index (χ4n) is 4.05. The number of rotatable bonds is 7. The van der Waals surface area contributed by atoms with Crippen molar-refractivity contribution >= 4 is 17.4 Å². The molecule has 0 radical (unpaired) electrons. The Labute approximate surface area is 167 Å². The Morgan fingerprint density at radius 1 is 1.04 bits per heavy atom. The molecule has 2 amide bonds. The first-order valence-corrected chi connectivity index (χ1v) is 10.1. The standard InChI is InChI=1S/C22H31N3O3/c1-5-23-10-12-24(13-11-23)20-19(18-8-7-16(2)15-17(18)3)21(26)25(22(20)27)9-6-14-28-4/h7-8,15H,5-6,9-14H2,1-4H3.